The molecule has 2 unspecified atom stereocenters. The van der Waals surface area contributed by atoms with E-state index < -0.39 is 5.60 Å². The van der Waals surface area contributed by atoms with E-state index in [-0.39, 0.29) is 18.3 Å². The molecule has 174 valence electrons. The molecule has 4 nitrogen and oxygen atoms in total. The van der Waals surface area contributed by atoms with Gasteiger partial charge in [0.15, 0.2) is 0 Å². The van der Waals surface area contributed by atoms with Gasteiger partial charge in [-0.25, -0.2) is 0 Å². The van der Waals surface area contributed by atoms with Crippen molar-refractivity contribution in [2.24, 2.45) is 5.92 Å². The molecule has 0 aliphatic carbocycles. The Hall–Kier alpha value is -2.53. The van der Waals surface area contributed by atoms with Crippen LogP contribution in [0.5, 0.6) is 5.75 Å². The summed E-state index contributed by atoms with van der Waals surface area (Å²) in [4.78, 5) is 2.51. The van der Waals surface area contributed by atoms with Crippen LogP contribution in [0.2, 0.25) is 0 Å². The lowest BCUT2D eigenvalue weighted by Gasteiger charge is -2.43. The maximum absolute atomic E-state index is 11.4. The zero-order chi connectivity index (χ0) is 22.1. The second-order valence-electron chi connectivity index (χ2n) is 9.14. The van der Waals surface area contributed by atoms with Crippen LogP contribution in [-0.4, -0.2) is 41.3 Å². The molecule has 1 fully saturated rings. The standard InChI is InChI=1S/C28H32N2O2.ClH/c1-21-20-29(19-16-28(21,31)22-12-14-23(32-2)15-13-22)17-7-18-30-26-10-5-3-8-24(26)25-9-4-6-11-27(25)30;/h3-6,8-15,21,31H,7,16-20H2,1-2H3;1H. The predicted octanol–water partition coefficient (Wildman–Crippen LogP) is 5.84. The number of benzene rings is 3. The number of fused-ring (bicyclic) bond motifs is 3. The highest BCUT2D eigenvalue weighted by Gasteiger charge is 2.40. The van der Waals surface area contributed by atoms with Crippen LogP contribution < -0.4 is 4.74 Å². The minimum absolute atomic E-state index is 0. The van der Waals surface area contributed by atoms with E-state index in [4.69, 9.17) is 4.74 Å². The van der Waals surface area contributed by atoms with Crippen molar-refractivity contribution >= 4 is 34.2 Å². The van der Waals surface area contributed by atoms with Crippen molar-refractivity contribution in [3.8, 4) is 5.75 Å². The van der Waals surface area contributed by atoms with E-state index >= 15 is 0 Å². The molecule has 4 aromatic rings. The Balaban J connectivity index is 0.00000259. The molecule has 1 aliphatic rings. The lowest BCUT2D eigenvalue weighted by molar-refractivity contribution is -0.0712. The quantitative estimate of drug-likeness (QED) is 0.389. The van der Waals surface area contributed by atoms with Crippen molar-refractivity contribution in [1.82, 2.24) is 9.47 Å². The van der Waals surface area contributed by atoms with Gasteiger partial charge in [0.05, 0.1) is 12.7 Å². The monoisotopic (exact) mass is 464 g/mol. The van der Waals surface area contributed by atoms with Gasteiger partial charge in [-0.05, 0) is 49.2 Å². The SMILES string of the molecule is COc1ccc(C2(O)CCN(CCCn3c4ccccc4c4ccccc43)CC2C)cc1.Cl. The lowest BCUT2D eigenvalue weighted by Crippen LogP contribution is -2.49. The smallest absolute Gasteiger partial charge is 0.118 e. The summed E-state index contributed by atoms with van der Waals surface area (Å²) in [6.45, 7) is 6.05. The van der Waals surface area contributed by atoms with E-state index in [1.165, 1.54) is 21.8 Å². The fourth-order valence-corrected chi connectivity index (χ4v) is 5.41. The first-order valence-electron chi connectivity index (χ1n) is 11.7. The Morgan fingerprint density at radius 1 is 0.909 bits per heavy atom. The largest absolute Gasteiger partial charge is 0.497 e. The Morgan fingerprint density at radius 3 is 2.09 bits per heavy atom. The number of aliphatic hydroxyl groups is 1. The Kier molecular flexibility index (Phi) is 6.99. The summed E-state index contributed by atoms with van der Waals surface area (Å²) in [6.07, 6.45) is 1.85. The van der Waals surface area contributed by atoms with Crippen molar-refractivity contribution < 1.29 is 9.84 Å². The highest BCUT2D eigenvalue weighted by Crippen LogP contribution is 2.38. The first-order chi connectivity index (χ1) is 15.6. The average Bonchev–Trinajstić information content (AvgIpc) is 3.15. The molecule has 1 saturated heterocycles. The predicted molar refractivity (Wildman–Crippen MR) is 138 cm³/mol. The number of halogens is 1. The number of ether oxygens (including phenoxy) is 1. The molecule has 1 aromatic heterocycles. The van der Waals surface area contributed by atoms with Gasteiger partial charge in [-0.2, -0.15) is 0 Å². The minimum atomic E-state index is -0.768. The highest BCUT2D eigenvalue weighted by molar-refractivity contribution is 6.07. The molecule has 5 heteroatoms. The first kappa shape index (κ1) is 23.6. The number of hydrogen-bond acceptors (Lipinski definition) is 3. The van der Waals surface area contributed by atoms with Gasteiger partial charge in [-0.3, -0.25) is 0 Å². The van der Waals surface area contributed by atoms with Gasteiger partial charge in [0.25, 0.3) is 0 Å². The summed E-state index contributed by atoms with van der Waals surface area (Å²) in [5.74, 6) is 1.00. The molecular formula is C28H33ClN2O2. The number of rotatable bonds is 6. The van der Waals surface area contributed by atoms with Crippen LogP contribution in [0.1, 0.15) is 25.3 Å². The van der Waals surface area contributed by atoms with E-state index in [1.54, 1.807) is 7.11 Å². The Labute approximate surface area is 202 Å². The van der Waals surface area contributed by atoms with E-state index in [0.29, 0.717) is 0 Å². The molecule has 0 saturated carbocycles. The highest BCUT2D eigenvalue weighted by atomic mass is 35.5. The number of likely N-dealkylation sites (tertiary alicyclic amines) is 1. The van der Waals surface area contributed by atoms with Crippen LogP contribution >= 0.6 is 12.4 Å². The van der Waals surface area contributed by atoms with Crippen LogP contribution in [0, 0.1) is 5.92 Å². The number of methoxy groups -OCH3 is 1. The summed E-state index contributed by atoms with van der Waals surface area (Å²) < 4.78 is 7.73. The van der Waals surface area contributed by atoms with E-state index in [9.17, 15) is 5.11 Å². The second-order valence-corrected chi connectivity index (χ2v) is 9.14. The maximum Gasteiger partial charge on any atom is 0.118 e. The van der Waals surface area contributed by atoms with Crippen LogP contribution in [0.4, 0.5) is 0 Å². The molecule has 0 amide bonds. The van der Waals surface area contributed by atoms with Crippen LogP contribution in [0.15, 0.2) is 72.8 Å². The van der Waals surface area contributed by atoms with Gasteiger partial charge in [0.2, 0.25) is 0 Å². The molecule has 0 bridgehead atoms. The average molecular weight is 465 g/mol. The molecule has 3 aromatic carbocycles. The second kappa shape index (κ2) is 9.76. The molecule has 0 spiro atoms. The number of para-hydroxylation sites is 2. The van der Waals surface area contributed by atoms with E-state index in [2.05, 4.69) is 64.9 Å². The van der Waals surface area contributed by atoms with Gasteiger partial charge >= 0.3 is 0 Å². The molecule has 0 radical (unpaired) electrons. The van der Waals surface area contributed by atoms with E-state index in [1.807, 2.05) is 24.3 Å². The zero-order valence-corrected chi connectivity index (χ0v) is 20.2. The third kappa shape index (κ3) is 4.35. The summed E-state index contributed by atoms with van der Waals surface area (Å²) in [7, 11) is 1.67. The lowest BCUT2D eigenvalue weighted by atomic mass is 9.77. The summed E-state index contributed by atoms with van der Waals surface area (Å²) >= 11 is 0. The van der Waals surface area contributed by atoms with E-state index in [0.717, 1.165) is 50.3 Å². The molecule has 2 heterocycles. The molecule has 33 heavy (non-hydrogen) atoms. The van der Waals surface area contributed by atoms with Gasteiger partial charge in [-0.1, -0.05) is 55.5 Å². The fourth-order valence-electron chi connectivity index (χ4n) is 5.41. The van der Waals surface area contributed by atoms with Gasteiger partial charge in [0.1, 0.15) is 5.75 Å². The Morgan fingerprint density at radius 2 is 1.52 bits per heavy atom. The first-order valence-corrected chi connectivity index (χ1v) is 11.7. The number of hydrogen-bond donors (Lipinski definition) is 1. The minimum Gasteiger partial charge on any atom is -0.497 e. The fraction of sp³-hybridized carbons (Fsp3) is 0.357. The third-order valence-electron chi connectivity index (χ3n) is 7.28. The van der Waals surface area contributed by atoms with Crippen LogP contribution in [-0.2, 0) is 12.1 Å². The Bertz CT molecular complexity index is 1170. The normalized spacial score (nSPS) is 21.2. The maximum atomic E-state index is 11.4. The van der Waals surface area contributed by atoms with Gasteiger partial charge in [-0.15, -0.1) is 12.4 Å². The summed E-state index contributed by atoms with van der Waals surface area (Å²) in [6, 6.07) is 25.3. The third-order valence-corrected chi connectivity index (χ3v) is 7.28. The van der Waals surface area contributed by atoms with Crippen molar-refractivity contribution in [3.63, 3.8) is 0 Å². The molecule has 5 rings (SSSR count). The number of aromatic nitrogens is 1. The summed E-state index contributed by atoms with van der Waals surface area (Å²) in [5.41, 5.74) is 2.86. The zero-order valence-electron chi connectivity index (χ0n) is 19.4. The van der Waals surface area contributed by atoms with Crippen LogP contribution in [0.25, 0.3) is 21.8 Å². The van der Waals surface area contributed by atoms with Crippen molar-refractivity contribution in [3.05, 3.63) is 78.4 Å². The van der Waals surface area contributed by atoms with Gasteiger partial charge in [0, 0.05) is 47.4 Å². The molecule has 1 aliphatic heterocycles. The number of nitrogens with zero attached hydrogens (tertiary/aromatic N) is 2. The number of aryl methyl sites for hydroxylation is 1. The molecule has 1 N–H and O–H groups in total. The molecular weight excluding hydrogens is 432 g/mol. The van der Waals surface area contributed by atoms with Crippen molar-refractivity contribution in [1.29, 1.82) is 0 Å². The molecule has 2 atom stereocenters. The van der Waals surface area contributed by atoms with Crippen molar-refractivity contribution in [2.75, 3.05) is 26.7 Å². The van der Waals surface area contributed by atoms with Crippen LogP contribution in [0.3, 0.4) is 0 Å². The topological polar surface area (TPSA) is 37.6 Å². The van der Waals surface area contributed by atoms with Crippen molar-refractivity contribution in [2.45, 2.75) is 31.9 Å². The number of piperidine rings is 1. The summed E-state index contributed by atoms with van der Waals surface area (Å²) in [5, 5.41) is 14.1. The van der Waals surface area contributed by atoms with Gasteiger partial charge < -0.3 is 19.3 Å².